The van der Waals surface area contributed by atoms with Crippen LogP contribution in [0.1, 0.15) is 51.6 Å². The Kier molecular flexibility index (Phi) is 4.79. The third kappa shape index (κ3) is 4.33. The van der Waals surface area contributed by atoms with Crippen LogP contribution in [-0.2, 0) is 0 Å². The van der Waals surface area contributed by atoms with Crippen LogP contribution in [0.5, 0.6) is 0 Å². The molecule has 1 aromatic carbocycles. The molecule has 0 aliphatic rings. The zero-order valence-corrected chi connectivity index (χ0v) is 11.1. The molecule has 1 unspecified atom stereocenters. The van der Waals surface area contributed by atoms with Crippen molar-refractivity contribution in [3.63, 3.8) is 0 Å². The van der Waals surface area contributed by atoms with Gasteiger partial charge in [-0.3, -0.25) is 0 Å². The summed E-state index contributed by atoms with van der Waals surface area (Å²) in [6, 6.07) is 1.48. The van der Waals surface area contributed by atoms with Gasteiger partial charge >= 0.3 is 0 Å². The maximum absolute atomic E-state index is 13.0. The molecule has 0 aromatic heterocycles. The van der Waals surface area contributed by atoms with Crippen molar-refractivity contribution in [2.24, 2.45) is 11.1 Å². The number of hydrogen-bond acceptors (Lipinski definition) is 1. The Hall–Kier alpha value is -1.03. The van der Waals surface area contributed by atoms with Crippen LogP contribution in [0.25, 0.3) is 0 Å². The number of halogens is 3. The van der Waals surface area contributed by atoms with Crippen LogP contribution in [0.2, 0.25) is 0 Å². The number of rotatable bonds is 4. The van der Waals surface area contributed by atoms with Crippen LogP contribution in [0.4, 0.5) is 13.2 Å². The Morgan fingerprint density at radius 1 is 1.11 bits per heavy atom. The Labute approximate surface area is 106 Å². The molecule has 0 aliphatic heterocycles. The molecule has 0 bridgehead atoms. The van der Waals surface area contributed by atoms with E-state index < -0.39 is 23.5 Å². The third-order valence-electron chi connectivity index (χ3n) is 2.88. The summed E-state index contributed by atoms with van der Waals surface area (Å²) in [5, 5.41) is 0. The molecule has 1 nitrogen and oxygen atoms in total. The van der Waals surface area contributed by atoms with Gasteiger partial charge in [-0.15, -0.1) is 0 Å². The lowest BCUT2D eigenvalue weighted by Crippen LogP contribution is -2.13. The highest BCUT2D eigenvalue weighted by atomic mass is 19.2. The second-order valence-corrected chi connectivity index (χ2v) is 5.86. The van der Waals surface area contributed by atoms with E-state index in [2.05, 4.69) is 20.8 Å². The lowest BCUT2D eigenvalue weighted by molar-refractivity contribution is 0.352. The Balaban J connectivity index is 2.65. The molecule has 1 aromatic rings. The molecular weight excluding hydrogens is 239 g/mol. The molecule has 18 heavy (non-hydrogen) atoms. The molecule has 0 saturated carbocycles. The highest BCUT2D eigenvalue weighted by molar-refractivity contribution is 5.22. The van der Waals surface area contributed by atoms with Gasteiger partial charge < -0.3 is 5.73 Å². The second-order valence-electron chi connectivity index (χ2n) is 5.86. The van der Waals surface area contributed by atoms with Gasteiger partial charge in [0.2, 0.25) is 0 Å². The van der Waals surface area contributed by atoms with Crippen molar-refractivity contribution in [2.75, 3.05) is 0 Å². The first-order valence-corrected chi connectivity index (χ1v) is 6.11. The summed E-state index contributed by atoms with van der Waals surface area (Å²) in [4.78, 5) is 0. The maximum atomic E-state index is 13.0. The average Bonchev–Trinajstić information content (AvgIpc) is 2.23. The first-order valence-electron chi connectivity index (χ1n) is 6.11. The van der Waals surface area contributed by atoms with Crippen LogP contribution in [0.3, 0.4) is 0 Å². The van der Waals surface area contributed by atoms with Crippen LogP contribution >= 0.6 is 0 Å². The van der Waals surface area contributed by atoms with Crippen LogP contribution in [-0.4, -0.2) is 0 Å². The van der Waals surface area contributed by atoms with Crippen molar-refractivity contribution in [2.45, 2.75) is 46.1 Å². The number of benzene rings is 1. The van der Waals surface area contributed by atoms with E-state index in [0.29, 0.717) is 12.0 Å². The molecule has 0 aliphatic carbocycles. The van der Waals surface area contributed by atoms with Crippen LogP contribution in [0.15, 0.2) is 12.1 Å². The van der Waals surface area contributed by atoms with Gasteiger partial charge in [0.15, 0.2) is 17.5 Å². The topological polar surface area (TPSA) is 26.0 Å². The van der Waals surface area contributed by atoms with Gasteiger partial charge in [-0.2, -0.15) is 0 Å². The molecule has 102 valence electrons. The first-order chi connectivity index (χ1) is 8.20. The summed E-state index contributed by atoms with van der Waals surface area (Å²) >= 11 is 0. The van der Waals surface area contributed by atoms with Gasteiger partial charge in [0, 0.05) is 6.04 Å². The highest BCUT2D eigenvalue weighted by Crippen LogP contribution is 2.26. The zero-order chi connectivity index (χ0) is 13.9. The van der Waals surface area contributed by atoms with Crippen molar-refractivity contribution >= 4 is 0 Å². The molecule has 0 fully saturated rings. The summed E-state index contributed by atoms with van der Waals surface area (Å²) < 4.78 is 38.9. The number of nitrogens with two attached hydrogens (primary N) is 1. The lowest BCUT2D eigenvalue weighted by Gasteiger charge is -2.19. The van der Waals surface area contributed by atoms with E-state index in [1.165, 1.54) is 0 Å². The van der Waals surface area contributed by atoms with Crippen molar-refractivity contribution in [3.05, 3.63) is 35.1 Å². The number of hydrogen-bond donors (Lipinski definition) is 1. The van der Waals surface area contributed by atoms with Gasteiger partial charge in [0.05, 0.1) is 0 Å². The maximum Gasteiger partial charge on any atom is 0.194 e. The van der Waals surface area contributed by atoms with Gasteiger partial charge in [-0.25, -0.2) is 13.2 Å². The van der Waals surface area contributed by atoms with Crippen LogP contribution < -0.4 is 5.73 Å². The van der Waals surface area contributed by atoms with Crippen molar-refractivity contribution in [1.29, 1.82) is 0 Å². The quantitative estimate of drug-likeness (QED) is 0.801. The molecular formula is C14H20F3N. The predicted octanol–water partition coefficient (Wildman–Crippen LogP) is 4.32. The van der Waals surface area contributed by atoms with Crippen LogP contribution in [0, 0.1) is 22.9 Å². The SMILES string of the molecule is CC(C)(C)CCCC(N)c1cc(F)c(F)c(F)c1. The van der Waals surface area contributed by atoms with E-state index in [1.807, 2.05) is 0 Å². The molecule has 1 atom stereocenters. The van der Waals surface area contributed by atoms with E-state index >= 15 is 0 Å². The monoisotopic (exact) mass is 259 g/mol. The van der Waals surface area contributed by atoms with Gasteiger partial charge in [-0.05, 0) is 36.0 Å². The minimum atomic E-state index is -1.44. The lowest BCUT2D eigenvalue weighted by atomic mass is 9.88. The largest absolute Gasteiger partial charge is 0.324 e. The Morgan fingerprint density at radius 2 is 1.61 bits per heavy atom. The summed E-state index contributed by atoms with van der Waals surface area (Å²) in [7, 11) is 0. The molecule has 0 saturated heterocycles. The minimum absolute atomic E-state index is 0.207. The van der Waals surface area contributed by atoms with Crippen molar-refractivity contribution < 1.29 is 13.2 Å². The molecule has 1 rings (SSSR count). The minimum Gasteiger partial charge on any atom is -0.324 e. The Bertz CT molecular complexity index is 387. The standard InChI is InChI=1S/C14H20F3N/c1-14(2,3)6-4-5-12(18)9-7-10(15)13(17)11(16)8-9/h7-8,12H,4-6,18H2,1-3H3. The van der Waals surface area contributed by atoms with E-state index in [0.717, 1.165) is 25.0 Å². The first kappa shape index (κ1) is 15.0. The molecule has 0 radical (unpaired) electrons. The normalized spacial score (nSPS) is 13.7. The Morgan fingerprint density at radius 3 is 2.06 bits per heavy atom. The molecule has 2 N–H and O–H groups in total. The van der Waals surface area contributed by atoms with Gasteiger partial charge in [0.25, 0.3) is 0 Å². The molecule has 4 heteroatoms. The summed E-state index contributed by atoms with van der Waals surface area (Å²) in [5.41, 5.74) is 6.37. The van der Waals surface area contributed by atoms with Crippen molar-refractivity contribution in [3.8, 4) is 0 Å². The molecule has 0 spiro atoms. The summed E-state index contributed by atoms with van der Waals surface area (Å²) in [5.74, 6) is -3.81. The van der Waals surface area contributed by atoms with Gasteiger partial charge in [-0.1, -0.05) is 27.2 Å². The van der Waals surface area contributed by atoms with Crippen molar-refractivity contribution in [1.82, 2.24) is 0 Å². The van der Waals surface area contributed by atoms with E-state index in [9.17, 15) is 13.2 Å². The fourth-order valence-electron chi connectivity index (χ4n) is 1.81. The van der Waals surface area contributed by atoms with E-state index in [-0.39, 0.29) is 5.41 Å². The summed E-state index contributed by atoms with van der Waals surface area (Å²) in [6.45, 7) is 6.36. The molecule has 0 amide bonds. The smallest absolute Gasteiger partial charge is 0.194 e. The fraction of sp³-hybridized carbons (Fsp3) is 0.571. The highest BCUT2D eigenvalue weighted by Gasteiger charge is 2.16. The van der Waals surface area contributed by atoms with E-state index in [1.54, 1.807) is 0 Å². The average molecular weight is 259 g/mol. The summed E-state index contributed by atoms with van der Waals surface area (Å²) in [6.07, 6.45) is 2.47. The second kappa shape index (κ2) is 5.74. The zero-order valence-electron chi connectivity index (χ0n) is 11.1. The fourth-order valence-corrected chi connectivity index (χ4v) is 1.81. The third-order valence-corrected chi connectivity index (χ3v) is 2.88. The van der Waals surface area contributed by atoms with E-state index in [4.69, 9.17) is 5.73 Å². The predicted molar refractivity (Wildman–Crippen MR) is 66.6 cm³/mol. The van der Waals surface area contributed by atoms with Gasteiger partial charge in [0.1, 0.15) is 0 Å². The molecule has 0 heterocycles.